The number of rotatable bonds is 0. The minimum atomic E-state index is 1.09. The lowest BCUT2D eigenvalue weighted by molar-refractivity contribution is 0.939. The molecule has 1 aliphatic heterocycles. The van der Waals surface area contributed by atoms with Gasteiger partial charge in [0.15, 0.2) is 0 Å². The zero-order valence-electron chi connectivity index (χ0n) is 7.05. The van der Waals surface area contributed by atoms with Gasteiger partial charge in [-0.15, -0.1) is 11.8 Å². The van der Waals surface area contributed by atoms with Gasteiger partial charge in [-0.1, -0.05) is 30.4 Å². The normalized spacial score (nSPS) is 16.8. The van der Waals surface area contributed by atoms with E-state index < -0.39 is 0 Å². The van der Waals surface area contributed by atoms with Gasteiger partial charge >= 0.3 is 0 Å². The first-order valence-corrected chi connectivity index (χ1v) is 5.22. The standard InChI is InChI=1S/C11H12S/c1-9-6-7-10-4-2-3-5-11(10)12-8-9/h2-5H,1,6-8H2. The zero-order valence-corrected chi connectivity index (χ0v) is 7.86. The van der Waals surface area contributed by atoms with Crippen molar-refractivity contribution < 1.29 is 0 Å². The highest BCUT2D eigenvalue weighted by Gasteiger charge is 2.08. The summed E-state index contributed by atoms with van der Waals surface area (Å²) in [7, 11) is 0. The van der Waals surface area contributed by atoms with E-state index in [0.717, 1.165) is 12.2 Å². The lowest BCUT2D eigenvalue weighted by atomic mass is 10.1. The Kier molecular flexibility index (Phi) is 2.22. The molecular weight excluding hydrogens is 164 g/mol. The van der Waals surface area contributed by atoms with Crippen molar-refractivity contribution in [2.75, 3.05) is 5.75 Å². The molecule has 1 aromatic carbocycles. The van der Waals surface area contributed by atoms with Gasteiger partial charge in [0.25, 0.3) is 0 Å². The number of hydrogen-bond acceptors (Lipinski definition) is 1. The predicted molar refractivity (Wildman–Crippen MR) is 54.6 cm³/mol. The Labute approximate surface area is 77.7 Å². The topological polar surface area (TPSA) is 0 Å². The molecule has 0 aliphatic carbocycles. The minimum absolute atomic E-state index is 1.09. The summed E-state index contributed by atoms with van der Waals surface area (Å²) in [5, 5.41) is 0. The molecule has 0 aromatic heterocycles. The van der Waals surface area contributed by atoms with Crippen LogP contribution in [0.2, 0.25) is 0 Å². The Morgan fingerprint density at radius 2 is 2.00 bits per heavy atom. The second-order valence-corrected chi connectivity index (χ2v) is 4.16. The van der Waals surface area contributed by atoms with Gasteiger partial charge in [0.05, 0.1) is 0 Å². The van der Waals surface area contributed by atoms with Gasteiger partial charge < -0.3 is 0 Å². The molecule has 62 valence electrons. The third-order valence-electron chi connectivity index (χ3n) is 2.15. The van der Waals surface area contributed by atoms with Crippen LogP contribution in [0.25, 0.3) is 0 Å². The van der Waals surface area contributed by atoms with Crippen molar-refractivity contribution in [1.29, 1.82) is 0 Å². The third-order valence-corrected chi connectivity index (χ3v) is 3.41. The van der Waals surface area contributed by atoms with Crippen LogP contribution < -0.4 is 0 Å². The molecule has 0 unspecified atom stereocenters. The lowest BCUT2D eigenvalue weighted by Gasteiger charge is -2.01. The summed E-state index contributed by atoms with van der Waals surface area (Å²) >= 11 is 1.92. The Hall–Kier alpha value is -0.690. The van der Waals surface area contributed by atoms with E-state index in [9.17, 15) is 0 Å². The van der Waals surface area contributed by atoms with Gasteiger partial charge in [-0.25, -0.2) is 0 Å². The molecule has 0 bridgehead atoms. The van der Waals surface area contributed by atoms with Crippen molar-refractivity contribution in [2.45, 2.75) is 17.7 Å². The molecule has 0 amide bonds. The second-order valence-electron chi connectivity index (χ2n) is 3.15. The van der Waals surface area contributed by atoms with Crippen molar-refractivity contribution in [1.82, 2.24) is 0 Å². The maximum atomic E-state index is 4.04. The lowest BCUT2D eigenvalue weighted by Crippen LogP contribution is -1.85. The summed E-state index contributed by atoms with van der Waals surface area (Å²) in [6, 6.07) is 8.66. The van der Waals surface area contributed by atoms with Crippen LogP contribution in [0, 0.1) is 0 Å². The number of fused-ring (bicyclic) bond motifs is 1. The summed E-state index contributed by atoms with van der Waals surface area (Å²) in [6.07, 6.45) is 2.33. The van der Waals surface area contributed by atoms with Crippen LogP contribution in [0.3, 0.4) is 0 Å². The zero-order chi connectivity index (χ0) is 8.39. The molecule has 12 heavy (non-hydrogen) atoms. The molecular formula is C11H12S. The van der Waals surface area contributed by atoms with Gasteiger partial charge in [0, 0.05) is 10.6 Å². The highest BCUT2D eigenvalue weighted by Crippen LogP contribution is 2.30. The fraction of sp³-hybridized carbons (Fsp3) is 0.273. The molecule has 0 spiro atoms. The highest BCUT2D eigenvalue weighted by atomic mass is 32.2. The van der Waals surface area contributed by atoms with Gasteiger partial charge in [0.2, 0.25) is 0 Å². The molecule has 2 rings (SSSR count). The van der Waals surface area contributed by atoms with Crippen molar-refractivity contribution in [3.05, 3.63) is 42.0 Å². The summed E-state index contributed by atoms with van der Waals surface area (Å²) in [5.74, 6) is 1.09. The van der Waals surface area contributed by atoms with E-state index in [0.29, 0.717) is 0 Å². The first-order valence-electron chi connectivity index (χ1n) is 4.23. The summed E-state index contributed by atoms with van der Waals surface area (Å²) in [5.41, 5.74) is 2.86. The van der Waals surface area contributed by atoms with Crippen LogP contribution in [0.1, 0.15) is 12.0 Å². The molecule has 0 nitrogen and oxygen atoms in total. The third kappa shape index (κ3) is 1.56. The van der Waals surface area contributed by atoms with E-state index in [1.54, 1.807) is 0 Å². The Balaban J connectivity index is 2.32. The van der Waals surface area contributed by atoms with Crippen LogP contribution >= 0.6 is 11.8 Å². The van der Waals surface area contributed by atoms with Gasteiger partial charge in [-0.3, -0.25) is 0 Å². The van der Waals surface area contributed by atoms with Crippen LogP contribution in [-0.4, -0.2) is 5.75 Å². The second kappa shape index (κ2) is 3.36. The molecule has 1 aromatic rings. The van der Waals surface area contributed by atoms with Crippen molar-refractivity contribution in [3.8, 4) is 0 Å². The first kappa shape index (κ1) is 7.93. The number of benzene rings is 1. The summed E-state index contributed by atoms with van der Waals surface area (Å²) in [6.45, 7) is 4.04. The van der Waals surface area contributed by atoms with Crippen molar-refractivity contribution >= 4 is 11.8 Å². The average molecular weight is 176 g/mol. The van der Waals surface area contributed by atoms with Crippen LogP contribution in [-0.2, 0) is 6.42 Å². The molecule has 0 saturated heterocycles. The van der Waals surface area contributed by atoms with E-state index in [-0.39, 0.29) is 0 Å². The summed E-state index contributed by atoms with van der Waals surface area (Å²) in [4.78, 5) is 1.44. The van der Waals surface area contributed by atoms with Crippen LogP contribution in [0.4, 0.5) is 0 Å². The Bertz CT molecular complexity index is 273. The molecule has 0 radical (unpaired) electrons. The fourth-order valence-corrected chi connectivity index (χ4v) is 2.45. The van der Waals surface area contributed by atoms with Gasteiger partial charge in [-0.2, -0.15) is 0 Å². The molecule has 1 heteroatoms. The van der Waals surface area contributed by atoms with E-state index in [1.807, 2.05) is 11.8 Å². The number of thioether (sulfide) groups is 1. The SMILES string of the molecule is C=C1CCc2ccccc2SC1. The Morgan fingerprint density at radius 1 is 1.17 bits per heavy atom. The highest BCUT2D eigenvalue weighted by molar-refractivity contribution is 7.99. The Morgan fingerprint density at radius 3 is 2.92 bits per heavy atom. The molecule has 0 atom stereocenters. The fourth-order valence-electron chi connectivity index (χ4n) is 1.41. The number of hydrogen-bond donors (Lipinski definition) is 0. The molecule has 1 heterocycles. The van der Waals surface area contributed by atoms with Gasteiger partial charge in [0.1, 0.15) is 0 Å². The van der Waals surface area contributed by atoms with E-state index in [2.05, 4.69) is 30.8 Å². The molecule has 0 fully saturated rings. The van der Waals surface area contributed by atoms with E-state index in [1.165, 1.54) is 22.5 Å². The van der Waals surface area contributed by atoms with Crippen molar-refractivity contribution in [2.24, 2.45) is 0 Å². The minimum Gasteiger partial charge on any atom is -0.121 e. The van der Waals surface area contributed by atoms with Gasteiger partial charge in [-0.05, 0) is 24.5 Å². The quantitative estimate of drug-likeness (QED) is 0.547. The monoisotopic (exact) mass is 176 g/mol. The smallest absolute Gasteiger partial charge is 0.0188 e. The largest absolute Gasteiger partial charge is 0.121 e. The van der Waals surface area contributed by atoms with Crippen LogP contribution in [0.5, 0.6) is 0 Å². The van der Waals surface area contributed by atoms with Crippen molar-refractivity contribution in [3.63, 3.8) is 0 Å². The van der Waals surface area contributed by atoms with Crippen LogP contribution in [0.15, 0.2) is 41.3 Å². The maximum Gasteiger partial charge on any atom is 0.0188 e. The molecule has 1 aliphatic rings. The average Bonchev–Trinajstić information content (AvgIpc) is 2.29. The van der Waals surface area contributed by atoms with E-state index >= 15 is 0 Å². The molecule has 0 saturated carbocycles. The summed E-state index contributed by atoms with van der Waals surface area (Å²) < 4.78 is 0. The molecule has 0 N–H and O–H groups in total. The van der Waals surface area contributed by atoms with E-state index in [4.69, 9.17) is 0 Å². The predicted octanol–water partition coefficient (Wildman–Crippen LogP) is 3.28. The maximum absolute atomic E-state index is 4.04. The first-order chi connectivity index (χ1) is 5.86. The number of aryl methyl sites for hydroxylation is 1.